The van der Waals surface area contributed by atoms with Crippen molar-refractivity contribution in [1.29, 1.82) is 0 Å². The van der Waals surface area contributed by atoms with Crippen LogP contribution in [0, 0.1) is 11.3 Å². The van der Waals surface area contributed by atoms with Gasteiger partial charge < -0.3 is 10.5 Å². The third-order valence-electron chi connectivity index (χ3n) is 3.86. The molecule has 0 aromatic heterocycles. The molecule has 82 valence electrons. The molecule has 1 spiro atoms. The SMILES string of the molecule is NCC1CCSCC12CCCOCC2. The van der Waals surface area contributed by atoms with Gasteiger partial charge in [-0.2, -0.15) is 11.8 Å². The van der Waals surface area contributed by atoms with Crippen LogP contribution < -0.4 is 5.73 Å². The third kappa shape index (κ3) is 2.10. The maximum Gasteiger partial charge on any atom is 0.0471 e. The Morgan fingerprint density at radius 2 is 2.29 bits per heavy atom. The molecule has 0 radical (unpaired) electrons. The van der Waals surface area contributed by atoms with Crippen molar-refractivity contribution in [2.24, 2.45) is 17.1 Å². The van der Waals surface area contributed by atoms with Gasteiger partial charge in [0.1, 0.15) is 0 Å². The number of ether oxygens (including phenoxy) is 1. The summed E-state index contributed by atoms with van der Waals surface area (Å²) in [5.41, 5.74) is 6.43. The number of rotatable bonds is 1. The highest BCUT2D eigenvalue weighted by molar-refractivity contribution is 7.99. The molecule has 2 rings (SSSR count). The van der Waals surface area contributed by atoms with Crippen LogP contribution in [0.25, 0.3) is 0 Å². The minimum atomic E-state index is 0.522. The summed E-state index contributed by atoms with van der Waals surface area (Å²) in [7, 11) is 0. The van der Waals surface area contributed by atoms with Gasteiger partial charge >= 0.3 is 0 Å². The second-order valence-corrected chi connectivity index (χ2v) is 5.71. The molecule has 2 saturated heterocycles. The van der Waals surface area contributed by atoms with Gasteiger partial charge in [0.25, 0.3) is 0 Å². The van der Waals surface area contributed by atoms with Crippen LogP contribution in [0.15, 0.2) is 0 Å². The van der Waals surface area contributed by atoms with Crippen molar-refractivity contribution in [3.63, 3.8) is 0 Å². The number of thioether (sulfide) groups is 1. The maximum atomic E-state index is 5.91. The van der Waals surface area contributed by atoms with Crippen molar-refractivity contribution in [3.8, 4) is 0 Å². The first-order valence-corrected chi connectivity index (χ1v) is 6.88. The van der Waals surface area contributed by atoms with E-state index in [1.54, 1.807) is 0 Å². The Labute approximate surface area is 91.0 Å². The molecule has 0 saturated carbocycles. The summed E-state index contributed by atoms with van der Waals surface area (Å²) >= 11 is 2.12. The summed E-state index contributed by atoms with van der Waals surface area (Å²) in [6.45, 7) is 2.79. The van der Waals surface area contributed by atoms with E-state index in [0.29, 0.717) is 5.41 Å². The average Bonchev–Trinajstić information content (AvgIpc) is 2.45. The highest BCUT2D eigenvalue weighted by Crippen LogP contribution is 2.46. The Morgan fingerprint density at radius 1 is 1.36 bits per heavy atom. The highest BCUT2D eigenvalue weighted by atomic mass is 32.2. The van der Waals surface area contributed by atoms with E-state index in [-0.39, 0.29) is 0 Å². The van der Waals surface area contributed by atoms with Gasteiger partial charge in [-0.1, -0.05) is 0 Å². The number of hydrogen-bond acceptors (Lipinski definition) is 3. The molecule has 0 amide bonds. The molecule has 2 atom stereocenters. The Kier molecular flexibility index (Phi) is 3.74. The van der Waals surface area contributed by atoms with Crippen LogP contribution >= 0.6 is 11.8 Å². The Hall–Kier alpha value is 0.270. The smallest absolute Gasteiger partial charge is 0.0471 e. The molecular formula is C11H21NOS. The Bertz CT molecular complexity index is 178. The molecule has 2 heterocycles. The molecule has 0 aliphatic carbocycles. The average molecular weight is 215 g/mol. The lowest BCUT2D eigenvalue weighted by atomic mass is 9.70. The van der Waals surface area contributed by atoms with Gasteiger partial charge in [0.15, 0.2) is 0 Å². The molecule has 3 heteroatoms. The number of nitrogens with two attached hydrogens (primary N) is 1. The first-order chi connectivity index (χ1) is 6.87. The first-order valence-electron chi connectivity index (χ1n) is 5.73. The minimum Gasteiger partial charge on any atom is -0.381 e. The largest absolute Gasteiger partial charge is 0.381 e. The van der Waals surface area contributed by atoms with Crippen LogP contribution in [0.1, 0.15) is 25.7 Å². The molecule has 2 nitrogen and oxygen atoms in total. The lowest BCUT2D eigenvalue weighted by molar-refractivity contribution is 0.113. The van der Waals surface area contributed by atoms with Gasteiger partial charge in [0.05, 0.1) is 0 Å². The van der Waals surface area contributed by atoms with E-state index >= 15 is 0 Å². The zero-order chi connectivity index (χ0) is 9.86. The zero-order valence-electron chi connectivity index (χ0n) is 8.84. The van der Waals surface area contributed by atoms with Crippen LogP contribution in [-0.2, 0) is 4.74 Å². The molecule has 2 aliphatic heterocycles. The minimum absolute atomic E-state index is 0.522. The molecule has 2 fully saturated rings. The van der Waals surface area contributed by atoms with E-state index in [9.17, 15) is 0 Å². The van der Waals surface area contributed by atoms with Crippen LogP contribution in [0.3, 0.4) is 0 Å². The lowest BCUT2D eigenvalue weighted by Gasteiger charge is -2.43. The quantitative estimate of drug-likeness (QED) is 0.725. The summed E-state index contributed by atoms with van der Waals surface area (Å²) in [5.74, 6) is 3.38. The highest BCUT2D eigenvalue weighted by Gasteiger charge is 2.40. The molecule has 0 aromatic carbocycles. The van der Waals surface area contributed by atoms with Gasteiger partial charge in [-0.25, -0.2) is 0 Å². The van der Waals surface area contributed by atoms with Gasteiger partial charge in [0.2, 0.25) is 0 Å². The zero-order valence-corrected chi connectivity index (χ0v) is 9.65. The van der Waals surface area contributed by atoms with E-state index in [1.807, 2.05) is 0 Å². The maximum absolute atomic E-state index is 5.91. The standard InChI is InChI=1S/C11H21NOS/c12-8-10-2-7-14-9-11(10)3-1-5-13-6-4-11/h10H,1-9,12H2. The van der Waals surface area contributed by atoms with E-state index in [0.717, 1.165) is 25.7 Å². The fourth-order valence-electron chi connectivity index (χ4n) is 2.87. The van der Waals surface area contributed by atoms with Crippen molar-refractivity contribution in [2.45, 2.75) is 25.7 Å². The Balaban J connectivity index is 2.07. The molecule has 0 bridgehead atoms. The molecule has 2 aliphatic rings. The van der Waals surface area contributed by atoms with Crippen molar-refractivity contribution >= 4 is 11.8 Å². The fourth-order valence-corrected chi connectivity index (χ4v) is 4.40. The van der Waals surface area contributed by atoms with Crippen molar-refractivity contribution < 1.29 is 4.74 Å². The fraction of sp³-hybridized carbons (Fsp3) is 1.00. The van der Waals surface area contributed by atoms with E-state index in [4.69, 9.17) is 10.5 Å². The third-order valence-corrected chi connectivity index (χ3v) is 5.16. The summed E-state index contributed by atoms with van der Waals surface area (Å²) in [5, 5.41) is 0. The van der Waals surface area contributed by atoms with Crippen molar-refractivity contribution in [2.75, 3.05) is 31.3 Å². The van der Waals surface area contributed by atoms with Crippen LogP contribution in [0.4, 0.5) is 0 Å². The molecule has 2 N–H and O–H groups in total. The lowest BCUT2D eigenvalue weighted by Crippen LogP contribution is -2.41. The predicted octanol–water partition coefficient (Wildman–Crippen LogP) is 1.89. The van der Waals surface area contributed by atoms with Gasteiger partial charge in [0, 0.05) is 13.2 Å². The summed E-state index contributed by atoms with van der Waals surface area (Å²) in [6.07, 6.45) is 5.13. The normalized spacial score (nSPS) is 39.6. The second-order valence-electron chi connectivity index (χ2n) is 4.60. The monoisotopic (exact) mass is 215 g/mol. The van der Waals surface area contributed by atoms with Crippen LogP contribution in [0.2, 0.25) is 0 Å². The number of hydrogen-bond donors (Lipinski definition) is 1. The van der Waals surface area contributed by atoms with Crippen LogP contribution in [0.5, 0.6) is 0 Å². The molecule has 14 heavy (non-hydrogen) atoms. The summed E-state index contributed by atoms with van der Waals surface area (Å²) in [4.78, 5) is 0. The topological polar surface area (TPSA) is 35.2 Å². The summed E-state index contributed by atoms with van der Waals surface area (Å²) in [6, 6.07) is 0. The van der Waals surface area contributed by atoms with E-state index in [1.165, 1.54) is 37.2 Å². The van der Waals surface area contributed by atoms with E-state index < -0.39 is 0 Å². The Morgan fingerprint density at radius 3 is 3.14 bits per heavy atom. The molecule has 2 unspecified atom stereocenters. The summed E-state index contributed by atoms with van der Waals surface area (Å²) < 4.78 is 5.56. The molecule has 0 aromatic rings. The second kappa shape index (κ2) is 4.86. The van der Waals surface area contributed by atoms with Crippen molar-refractivity contribution in [1.82, 2.24) is 0 Å². The van der Waals surface area contributed by atoms with Crippen LogP contribution in [-0.4, -0.2) is 31.3 Å². The van der Waals surface area contributed by atoms with Gasteiger partial charge in [-0.15, -0.1) is 0 Å². The van der Waals surface area contributed by atoms with Gasteiger partial charge in [-0.3, -0.25) is 0 Å². The van der Waals surface area contributed by atoms with Crippen molar-refractivity contribution in [3.05, 3.63) is 0 Å². The first kappa shape index (κ1) is 10.8. The van der Waals surface area contributed by atoms with Gasteiger partial charge in [-0.05, 0) is 55.1 Å². The predicted molar refractivity (Wildman–Crippen MR) is 61.6 cm³/mol. The van der Waals surface area contributed by atoms with E-state index in [2.05, 4.69) is 11.8 Å². The molecular weight excluding hydrogens is 194 g/mol.